The normalized spacial score (nSPS) is 35.3. The van der Waals surface area contributed by atoms with E-state index in [1.807, 2.05) is 19.2 Å². The molecule has 39 heavy (non-hydrogen) atoms. The SMILES string of the molecule is COC(C)C(C)(C)CCC(C)(C)C1(C)CCC2C(C)(C)C3=NN(C)C(c4ccc(F)cc4)C3CC2(C)C1CO. The van der Waals surface area contributed by atoms with Gasteiger partial charge >= 0.3 is 0 Å². The summed E-state index contributed by atoms with van der Waals surface area (Å²) in [5.74, 6) is 0.677. The van der Waals surface area contributed by atoms with Crippen molar-refractivity contribution in [2.45, 2.75) is 107 Å². The van der Waals surface area contributed by atoms with E-state index in [2.05, 4.69) is 74.4 Å². The Labute approximate surface area is 237 Å². The number of nitrogens with zero attached hydrogens (tertiary/aromatic N) is 2. The standard InChI is InChI=1S/C34H55FN2O2/c1-22(39-11)30(2,3)18-19-31(4,5)34(9)17-16-26-32(6,7)29-25(20-33(26,8)27(34)21-38)28(37(10)36-29)23-12-14-24(35)15-13-23/h12-15,22,25-28,38H,16-21H2,1-11H3. The molecular weight excluding hydrogens is 487 g/mol. The van der Waals surface area contributed by atoms with Gasteiger partial charge in [0.1, 0.15) is 5.82 Å². The highest BCUT2D eigenvalue weighted by atomic mass is 19.1. The lowest BCUT2D eigenvalue weighted by Crippen LogP contribution is -2.63. The fraction of sp³-hybridized carbons (Fsp3) is 0.794. The summed E-state index contributed by atoms with van der Waals surface area (Å²) in [5.41, 5.74) is 2.44. The van der Waals surface area contributed by atoms with Crippen LogP contribution >= 0.6 is 0 Å². The summed E-state index contributed by atoms with van der Waals surface area (Å²) < 4.78 is 19.6. The van der Waals surface area contributed by atoms with Crippen LogP contribution in [0.2, 0.25) is 0 Å². The van der Waals surface area contributed by atoms with E-state index >= 15 is 0 Å². The van der Waals surface area contributed by atoms with Gasteiger partial charge in [-0.05, 0) is 90.2 Å². The summed E-state index contributed by atoms with van der Waals surface area (Å²) in [6, 6.07) is 7.09. The van der Waals surface area contributed by atoms with Crippen molar-refractivity contribution in [2.24, 2.45) is 49.9 Å². The molecule has 2 fully saturated rings. The molecule has 2 saturated carbocycles. The molecule has 0 saturated heterocycles. The summed E-state index contributed by atoms with van der Waals surface area (Å²) in [6.45, 7) is 21.6. The third-order valence-corrected chi connectivity index (χ3v) is 12.7. The number of rotatable bonds is 8. The van der Waals surface area contributed by atoms with E-state index in [1.165, 1.54) is 5.71 Å². The third kappa shape index (κ3) is 4.78. The zero-order chi connectivity index (χ0) is 29.2. The summed E-state index contributed by atoms with van der Waals surface area (Å²) in [7, 11) is 3.88. The first-order valence-electron chi connectivity index (χ1n) is 15.2. The Morgan fingerprint density at radius 1 is 1.10 bits per heavy atom. The second kappa shape index (κ2) is 10.1. The highest BCUT2D eigenvalue weighted by Crippen LogP contribution is 2.70. The second-order valence-corrected chi connectivity index (χ2v) is 15.6. The fourth-order valence-electron chi connectivity index (χ4n) is 9.34. The van der Waals surface area contributed by atoms with Gasteiger partial charge in [-0.2, -0.15) is 5.10 Å². The predicted molar refractivity (Wildman–Crippen MR) is 159 cm³/mol. The average Bonchev–Trinajstić information content (AvgIpc) is 3.18. The van der Waals surface area contributed by atoms with Crippen LogP contribution in [0.4, 0.5) is 4.39 Å². The minimum absolute atomic E-state index is 0.00000565. The van der Waals surface area contributed by atoms with Gasteiger partial charge in [-0.1, -0.05) is 67.5 Å². The molecule has 1 N–H and O–H groups in total. The molecule has 1 heterocycles. The molecule has 0 spiro atoms. The van der Waals surface area contributed by atoms with E-state index in [4.69, 9.17) is 9.84 Å². The molecule has 0 radical (unpaired) electrons. The van der Waals surface area contributed by atoms with Crippen molar-refractivity contribution in [3.05, 3.63) is 35.6 Å². The topological polar surface area (TPSA) is 45.1 Å². The van der Waals surface area contributed by atoms with Crippen LogP contribution in [-0.4, -0.2) is 42.7 Å². The number of hydrogen-bond acceptors (Lipinski definition) is 4. The summed E-state index contributed by atoms with van der Waals surface area (Å²) in [5, 5.41) is 18.5. The largest absolute Gasteiger partial charge is 0.396 e. The van der Waals surface area contributed by atoms with Gasteiger partial charge in [0, 0.05) is 37.8 Å². The lowest BCUT2D eigenvalue weighted by molar-refractivity contribution is -0.169. The van der Waals surface area contributed by atoms with Gasteiger partial charge in [-0.15, -0.1) is 0 Å². The maximum absolute atomic E-state index is 13.8. The minimum atomic E-state index is -0.203. The quantitative estimate of drug-likeness (QED) is 0.361. The Morgan fingerprint density at radius 2 is 1.72 bits per heavy atom. The van der Waals surface area contributed by atoms with Crippen LogP contribution < -0.4 is 0 Å². The number of fused-ring (bicyclic) bond motifs is 2. The van der Waals surface area contributed by atoms with Crippen LogP contribution in [0.3, 0.4) is 0 Å². The van der Waals surface area contributed by atoms with Crippen LogP contribution in [0.1, 0.15) is 106 Å². The number of hydrazone groups is 1. The molecule has 7 unspecified atom stereocenters. The Hall–Kier alpha value is -1.46. The van der Waals surface area contributed by atoms with Crippen molar-refractivity contribution in [1.29, 1.82) is 0 Å². The number of methoxy groups -OCH3 is 1. The van der Waals surface area contributed by atoms with Crippen LogP contribution in [0.25, 0.3) is 0 Å². The Balaban J connectivity index is 1.70. The molecule has 5 heteroatoms. The van der Waals surface area contributed by atoms with Crippen LogP contribution in [0.15, 0.2) is 29.4 Å². The highest BCUT2D eigenvalue weighted by molar-refractivity contribution is 5.94. The first kappa shape index (κ1) is 30.5. The molecule has 220 valence electrons. The van der Waals surface area contributed by atoms with Gasteiger partial charge in [0.15, 0.2) is 0 Å². The first-order chi connectivity index (χ1) is 18.0. The number of ether oxygens (including phenoxy) is 1. The van der Waals surface area contributed by atoms with E-state index in [9.17, 15) is 9.50 Å². The Morgan fingerprint density at radius 3 is 2.28 bits per heavy atom. The van der Waals surface area contributed by atoms with Gasteiger partial charge in [-0.3, -0.25) is 5.01 Å². The van der Waals surface area contributed by atoms with Gasteiger partial charge in [0.2, 0.25) is 0 Å². The first-order valence-corrected chi connectivity index (χ1v) is 15.2. The van der Waals surface area contributed by atoms with Gasteiger partial charge in [0.05, 0.1) is 12.1 Å². The molecule has 1 aromatic carbocycles. The van der Waals surface area contributed by atoms with Gasteiger partial charge in [0.25, 0.3) is 0 Å². The molecular formula is C34H55FN2O2. The second-order valence-electron chi connectivity index (χ2n) is 15.6. The van der Waals surface area contributed by atoms with Crippen LogP contribution in [0, 0.1) is 50.6 Å². The monoisotopic (exact) mass is 542 g/mol. The number of aliphatic hydroxyl groups is 1. The predicted octanol–water partition coefficient (Wildman–Crippen LogP) is 8.11. The molecule has 7 atom stereocenters. The zero-order valence-corrected chi connectivity index (χ0v) is 26.6. The molecule has 1 aromatic rings. The zero-order valence-electron chi connectivity index (χ0n) is 26.6. The Kier molecular flexibility index (Phi) is 7.91. The van der Waals surface area contributed by atoms with E-state index in [1.54, 1.807) is 12.1 Å². The lowest BCUT2D eigenvalue weighted by Gasteiger charge is -2.66. The number of halogens is 1. The van der Waals surface area contributed by atoms with Crippen LogP contribution in [0.5, 0.6) is 0 Å². The van der Waals surface area contributed by atoms with Crippen molar-refractivity contribution >= 4 is 5.71 Å². The minimum Gasteiger partial charge on any atom is -0.396 e. The van der Waals surface area contributed by atoms with Crippen molar-refractivity contribution in [1.82, 2.24) is 5.01 Å². The molecule has 0 aromatic heterocycles. The van der Waals surface area contributed by atoms with Gasteiger partial charge < -0.3 is 9.84 Å². The number of aliphatic hydroxyl groups excluding tert-OH is 1. The van der Waals surface area contributed by atoms with Crippen molar-refractivity contribution < 1.29 is 14.2 Å². The Bertz CT molecular complexity index is 1060. The molecule has 0 bridgehead atoms. The highest BCUT2D eigenvalue weighted by Gasteiger charge is 2.66. The third-order valence-electron chi connectivity index (χ3n) is 12.7. The van der Waals surface area contributed by atoms with Crippen molar-refractivity contribution in [3.63, 3.8) is 0 Å². The van der Waals surface area contributed by atoms with E-state index in [0.717, 1.165) is 37.7 Å². The molecule has 3 aliphatic rings. The summed E-state index contributed by atoms with van der Waals surface area (Å²) in [6.07, 6.45) is 5.64. The maximum atomic E-state index is 13.8. The van der Waals surface area contributed by atoms with Crippen molar-refractivity contribution in [3.8, 4) is 0 Å². The molecule has 2 aliphatic carbocycles. The van der Waals surface area contributed by atoms with Gasteiger partial charge in [-0.25, -0.2) is 4.39 Å². The fourth-order valence-corrected chi connectivity index (χ4v) is 9.34. The molecule has 1 aliphatic heterocycles. The van der Waals surface area contributed by atoms with Crippen LogP contribution in [-0.2, 0) is 4.74 Å². The summed E-state index contributed by atoms with van der Waals surface area (Å²) >= 11 is 0. The van der Waals surface area contributed by atoms with Crippen molar-refractivity contribution in [2.75, 3.05) is 20.8 Å². The smallest absolute Gasteiger partial charge is 0.123 e. The molecule has 0 amide bonds. The average molecular weight is 543 g/mol. The lowest BCUT2D eigenvalue weighted by atomic mass is 9.38. The van der Waals surface area contributed by atoms with E-state index in [0.29, 0.717) is 5.92 Å². The number of benzene rings is 1. The van der Waals surface area contributed by atoms with E-state index < -0.39 is 0 Å². The molecule has 4 rings (SSSR count). The maximum Gasteiger partial charge on any atom is 0.123 e. The summed E-state index contributed by atoms with van der Waals surface area (Å²) in [4.78, 5) is 0. The van der Waals surface area contributed by atoms with E-state index in [-0.39, 0.29) is 63.5 Å². The number of hydrogen-bond donors (Lipinski definition) is 1. The molecule has 4 nitrogen and oxygen atoms in total.